The van der Waals surface area contributed by atoms with E-state index in [-0.39, 0.29) is 20.1 Å². The summed E-state index contributed by atoms with van der Waals surface area (Å²) in [7, 11) is 1.98. The molecular weight excluding hydrogens is 376 g/mol. The Morgan fingerprint density at radius 3 is 2.81 bits per heavy atom. The van der Waals surface area contributed by atoms with Gasteiger partial charge in [-0.05, 0) is 6.42 Å². The van der Waals surface area contributed by atoms with E-state index in [0.717, 1.165) is 17.8 Å². The summed E-state index contributed by atoms with van der Waals surface area (Å²) < 4.78 is 1.99. The summed E-state index contributed by atoms with van der Waals surface area (Å²) in [5, 5.41) is 0. The minimum atomic E-state index is 0. The maximum absolute atomic E-state index is 4.27. The molecule has 1 aromatic carbocycles. The average molecular weight is 389 g/mol. The number of aromatic nitrogens is 2. The number of rotatable bonds is 3. The average Bonchev–Trinajstić information content (AvgIpc) is 2.66. The fraction of sp³-hybridized carbons (Fsp3) is 0.154. The van der Waals surface area contributed by atoms with Gasteiger partial charge in [0, 0.05) is 39.5 Å². The molecule has 0 fully saturated rings. The second kappa shape index (κ2) is 5.78. The zero-order chi connectivity index (χ0) is 10.7. The third-order valence-electron chi connectivity index (χ3n) is 2.32. The van der Waals surface area contributed by atoms with Gasteiger partial charge >= 0.3 is 0 Å². The van der Waals surface area contributed by atoms with Crippen LogP contribution in [0.5, 0.6) is 0 Å². The van der Waals surface area contributed by atoms with E-state index >= 15 is 0 Å². The number of hydrogen-bond donors (Lipinski definition) is 0. The van der Waals surface area contributed by atoms with Gasteiger partial charge < -0.3 is 4.57 Å². The predicted octanol–water partition coefficient (Wildman–Crippen LogP) is 2.61. The number of hydrogen-bond acceptors (Lipinski definition) is 1. The minimum Gasteiger partial charge on any atom is -0.373 e. The van der Waals surface area contributed by atoms with Crippen molar-refractivity contribution in [1.29, 1.82) is 0 Å². The van der Waals surface area contributed by atoms with Gasteiger partial charge in [0.1, 0.15) is 0 Å². The number of imidazole rings is 1. The molecule has 2 aromatic rings. The first-order chi connectivity index (χ1) is 7.31. The predicted molar refractivity (Wildman–Crippen MR) is 61.4 cm³/mol. The van der Waals surface area contributed by atoms with Crippen LogP contribution in [-0.4, -0.2) is 9.55 Å². The van der Waals surface area contributed by atoms with Crippen LogP contribution in [-0.2, 0) is 33.6 Å². The van der Waals surface area contributed by atoms with Crippen LogP contribution < -0.4 is 0 Å². The Balaban J connectivity index is 0.00000128. The summed E-state index contributed by atoms with van der Waals surface area (Å²) in [4.78, 5) is 4.27. The molecule has 0 atom stereocenters. The van der Waals surface area contributed by atoms with Crippen molar-refractivity contribution in [2.24, 2.45) is 7.05 Å². The van der Waals surface area contributed by atoms with E-state index in [1.807, 2.05) is 36.0 Å². The number of benzene rings is 1. The third kappa shape index (κ3) is 2.69. The molecule has 2 rings (SSSR count). The van der Waals surface area contributed by atoms with Gasteiger partial charge in [0.05, 0.1) is 5.82 Å². The van der Waals surface area contributed by atoms with E-state index in [9.17, 15) is 0 Å². The topological polar surface area (TPSA) is 17.8 Å². The van der Waals surface area contributed by atoms with Gasteiger partial charge in [-0.25, -0.2) is 0 Å². The Morgan fingerprint density at radius 2 is 2.31 bits per heavy atom. The van der Waals surface area contributed by atoms with Gasteiger partial charge in [-0.15, -0.1) is 42.0 Å². The SMILES string of the molecule is C=CCc1c[c-]c(-c2nccn2C)cc1.[Ir]. The van der Waals surface area contributed by atoms with Crippen LogP contribution in [0.4, 0.5) is 0 Å². The van der Waals surface area contributed by atoms with Crippen molar-refractivity contribution >= 4 is 0 Å². The van der Waals surface area contributed by atoms with Crippen molar-refractivity contribution in [3.05, 3.63) is 54.9 Å². The van der Waals surface area contributed by atoms with Crippen molar-refractivity contribution in [2.45, 2.75) is 6.42 Å². The molecule has 85 valence electrons. The molecule has 0 spiro atoms. The first-order valence-electron chi connectivity index (χ1n) is 4.90. The molecule has 1 aromatic heterocycles. The van der Waals surface area contributed by atoms with Crippen LogP contribution in [0.1, 0.15) is 5.56 Å². The van der Waals surface area contributed by atoms with Gasteiger partial charge in [-0.1, -0.05) is 6.08 Å². The molecule has 2 nitrogen and oxygen atoms in total. The van der Waals surface area contributed by atoms with E-state index in [1.54, 1.807) is 6.20 Å². The van der Waals surface area contributed by atoms with Crippen LogP contribution in [0, 0.1) is 6.07 Å². The first-order valence-corrected chi connectivity index (χ1v) is 4.90. The summed E-state index contributed by atoms with van der Waals surface area (Å²) in [5.74, 6) is 0.945. The number of allylic oxidation sites excluding steroid dienone is 1. The maximum Gasteiger partial charge on any atom is 0.0555 e. The molecule has 0 aliphatic heterocycles. The summed E-state index contributed by atoms with van der Waals surface area (Å²) >= 11 is 0. The van der Waals surface area contributed by atoms with Crippen LogP contribution >= 0.6 is 0 Å². The summed E-state index contributed by atoms with van der Waals surface area (Å²) in [6, 6.07) is 9.35. The Kier molecular flexibility index (Phi) is 4.66. The molecule has 0 bridgehead atoms. The van der Waals surface area contributed by atoms with Crippen LogP contribution in [0.25, 0.3) is 11.4 Å². The first kappa shape index (κ1) is 12.9. The molecule has 3 heteroatoms. The van der Waals surface area contributed by atoms with Crippen molar-refractivity contribution < 1.29 is 20.1 Å². The van der Waals surface area contributed by atoms with E-state index in [2.05, 4.69) is 23.7 Å². The smallest absolute Gasteiger partial charge is 0.0555 e. The fourth-order valence-electron chi connectivity index (χ4n) is 1.51. The van der Waals surface area contributed by atoms with Gasteiger partial charge in [0.2, 0.25) is 0 Å². The van der Waals surface area contributed by atoms with Crippen LogP contribution in [0.2, 0.25) is 0 Å². The third-order valence-corrected chi connectivity index (χ3v) is 2.32. The van der Waals surface area contributed by atoms with Crippen molar-refractivity contribution in [3.63, 3.8) is 0 Å². The molecular formula is C13H13IrN2-. The van der Waals surface area contributed by atoms with Gasteiger partial charge in [0.25, 0.3) is 0 Å². The molecule has 0 unspecified atom stereocenters. The second-order valence-electron chi connectivity index (χ2n) is 3.47. The van der Waals surface area contributed by atoms with E-state index in [1.165, 1.54) is 5.56 Å². The van der Waals surface area contributed by atoms with Gasteiger partial charge in [-0.2, -0.15) is 0 Å². The number of nitrogens with zero attached hydrogens (tertiary/aromatic N) is 2. The zero-order valence-electron chi connectivity index (χ0n) is 9.11. The minimum absolute atomic E-state index is 0. The molecule has 16 heavy (non-hydrogen) atoms. The molecule has 0 aliphatic rings. The Morgan fingerprint density at radius 1 is 1.50 bits per heavy atom. The molecule has 0 saturated carbocycles. The standard InChI is InChI=1S/C13H13N2.Ir/c1-3-4-11-5-7-12(8-6-11)13-14-9-10-15(13)2;/h3,5-7,9-10H,1,4H2,2H3;/q-1;. The van der Waals surface area contributed by atoms with E-state index < -0.39 is 0 Å². The maximum atomic E-state index is 4.27. The Bertz CT molecular complexity index is 457. The molecule has 0 N–H and O–H groups in total. The zero-order valence-corrected chi connectivity index (χ0v) is 11.5. The normalized spacial score (nSPS) is 9.56. The fourth-order valence-corrected chi connectivity index (χ4v) is 1.51. The Hall–Kier alpha value is -1.18. The largest absolute Gasteiger partial charge is 0.373 e. The summed E-state index contributed by atoms with van der Waals surface area (Å²) in [6.07, 6.45) is 6.50. The van der Waals surface area contributed by atoms with E-state index in [0.29, 0.717) is 0 Å². The van der Waals surface area contributed by atoms with Gasteiger partial charge in [-0.3, -0.25) is 4.98 Å². The summed E-state index contributed by atoms with van der Waals surface area (Å²) in [5.41, 5.74) is 2.25. The van der Waals surface area contributed by atoms with Crippen molar-refractivity contribution in [1.82, 2.24) is 9.55 Å². The molecule has 1 radical (unpaired) electrons. The number of aryl methyl sites for hydroxylation is 1. The molecule has 0 amide bonds. The molecule has 0 saturated heterocycles. The van der Waals surface area contributed by atoms with E-state index in [4.69, 9.17) is 0 Å². The van der Waals surface area contributed by atoms with Crippen molar-refractivity contribution in [3.8, 4) is 11.4 Å². The monoisotopic (exact) mass is 390 g/mol. The van der Waals surface area contributed by atoms with Crippen LogP contribution in [0.3, 0.4) is 0 Å². The van der Waals surface area contributed by atoms with Crippen molar-refractivity contribution in [2.75, 3.05) is 0 Å². The summed E-state index contributed by atoms with van der Waals surface area (Å²) in [6.45, 7) is 3.71. The molecule has 0 aliphatic carbocycles. The Labute approximate surface area is 109 Å². The second-order valence-corrected chi connectivity index (χ2v) is 3.47. The van der Waals surface area contributed by atoms with Crippen LogP contribution in [0.15, 0.2) is 43.2 Å². The quantitative estimate of drug-likeness (QED) is 0.583. The molecule has 1 heterocycles. The van der Waals surface area contributed by atoms with Gasteiger partial charge in [0.15, 0.2) is 0 Å².